The van der Waals surface area contributed by atoms with E-state index in [2.05, 4.69) is 29.0 Å². The number of carbonyl (C=O) groups excluding carboxylic acids is 1. The van der Waals surface area contributed by atoms with Gasteiger partial charge in [0.25, 0.3) is 5.91 Å². The minimum absolute atomic E-state index is 0.115. The lowest BCUT2D eigenvalue weighted by Gasteiger charge is -2.20. The van der Waals surface area contributed by atoms with Gasteiger partial charge < -0.3 is 11.1 Å². The van der Waals surface area contributed by atoms with Crippen LogP contribution in [0.3, 0.4) is 0 Å². The van der Waals surface area contributed by atoms with Crippen LogP contribution in [0.15, 0.2) is 48.5 Å². The van der Waals surface area contributed by atoms with Crippen molar-refractivity contribution in [2.75, 3.05) is 24.1 Å². The Balaban J connectivity index is 1.87. The molecule has 0 spiro atoms. The third-order valence-corrected chi connectivity index (χ3v) is 4.78. The fourth-order valence-corrected chi connectivity index (χ4v) is 3.23. The fourth-order valence-electron chi connectivity index (χ4n) is 3.23. The summed E-state index contributed by atoms with van der Waals surface area (Å²) < 4.78 is 0. The van der Waals surface area contributed by atoms with Gasteiger partial charge in [-0.1, -0.05) is 32.0 Å². The molecule has 3 N–H and O–H groups in total. The molecule has 3 rings (SSSR count). The summed E-state index contributed by atoms with van der Waals surface area (Å²) in [6, 6.07) is 15.2. The van der Waals surface area contributed by atoms with Gasteiger partial charge in [0.15, 0.2) is 0 Å². The van der Waals surface area contributed by atoms with Crippen molar-refractivity contribution in [3.8, 4) is 0 Å². The van der Waals surface area contributed by atoms with Crippen LogP contribution in [0.4, 0.5) is 11.4 Å². The van der Waals surface area contributed by atoms with Crippen LogP contribution in [0.1, 0.15) is 35.5 Å². The molecule has 1 amide bonds. The lowest BCUT2D eigenvalue weighted by atomic mass is 10.1. The van der Waals surface area contributed by atoms with E-state index in [1.807, 2.05) is 55.5 Å². The molecule has 0 fully saturated rings. The highest BCUT2D eigenvalue weighted by Gasteiger charge is 2.13. The molecule has 1 aromatic heterocycles. The lowest BCUT2D eigenvalue weighted by molar-refractivity contribution is 0.102. The predicted octanol–water partition coefficient (Wildman–Crippen LogP) is 4.22. The number of hydrogen-bond donors (Lipinski definition) is 2. The van der Waals surface area contributed by atoms with Crippen molar-refractivity contribution in [3.05, 3.63) is 65.4 Å². The predicted molar refractivity (Wildman–Crippen MR) is 112 cm³/mol. The number of rotatable bonds is 6. The van der Waals surface area contributed by atoms with Crippen molar-refractivity contribution in [3.63, 3.8) is 0 Å². The largest absolute Gasteiger partial charge is 0.398 e. The monoisotopic (exact) mass is 362 g/mol. The normalized spacial score (nSPS) is 11.1. The summed E-state index contributed by atoms with van der Waals surface area (Å²) >= 11 is 0. The molecule has 0 saturated heterocycles. The zero-order valence-electron chi connectivity index (χ0n) is 16.1. The van der Waals surface area contributed by atoms with Gasteiger partial charge in [0, 0.05) is 34.6 Å². The quantitative estimate of drug-likeness (QED) is 0.689. The number of aromatic nitrogens is 1. The van der Waals surface area contributed by atoms with Gasteiger partial charge in [-0.3, -0.25) is 14.7 Å². The number of nitrogens with zero attached hydrogens (tertiary/aromatic N) is 2. The van der Waals surface area contributed by atoms with Crippen LogP contribution < -0.4 is 11.1 Å². The van der Waals surface area contributed by atoms with Gasteiger partial charge in [-0.15, -0.1) is 0 Å². The summed E-state index contributed by atoms with van der Waals surface area (Å²) in [4.78, 5) is 19.7. The number of anilines is 2. The molecule has 2 aromatic carbocycles. The van der Waals surface area contributed by atoms with E-state index in [1.54, 1.807) is 0 Å². The first-order chi connectivity index (χ1) is 13.0. The Bertz CT molecular complexity index is 964. The summed E-state index contributed by atoms with van der Waals surface area (Å²) in [5, 5.41) is 3.84. The number of nitrogens with two attached hydrogens (primary N) is 1. The Hall–Kier alpha value is -2.92. The molecule has 0 radical (unpaired) electrons. The van der Waals surface area contributed by atoms with E-state index in [-0.39, 0.29) is 5.91 Å². The van der Waals surface area contributed by atoms with Gasteiger partial charge in [0.1, 0.15) is 0 Å². The topological polar surface area (TPSA) is 71.2 Å². The third-order valence-electron chi connectivity index (χ3n) is 4.78. The van der Waals surface area contributed by atoms with Crippen LogP contribution in [0.5, 0.6) is 0 Å². The van der Waals surface area contributed by atoms with E-state index in [1.165, 1.54) is 0 Å². The average Bonchev–Trinajstić information content (AvgIpc) is 2.66. The SMILES string of the molecule is CCN(CC)Cc1ccccc1C(=O)Nc1ccc2nc(C)cc(N)c2c1. The number of nitrogens with one attached hydrogen (secondary N) is 1. The molecule has 0 aliphatic carbocycles. The molecule has 0 unspecified atom stereocenters. The highest BCUT2D eigenvalue weighted by atomic mass is 16.1. The Labute approximate surface area is 160 Å². The van der Waals surface area contributed by atoms with Crippen LogP contribution in [-0.2, 0) is 6.54 Å². The van der Waals surface area contributed by atoms with Gasteiger partial charge >= 0.3 is 0 Å². The van der Waals surface area contributed by atoms with E-state index in [0.717, 1.165) is 41.8 Å². The summed E-state index contributed by atoms with van der Waals surface area (Å²) in [6.07, 6.45) is 0. The second-order valence-corrected chi connectivity index (χ2v) is 6.66. The molecule has 0 atom stereocenters. The van der Waals surface area contributed by atoms with Crippen molar-refractivity contribution in [2.24, 2.45) is 0 Å². The minimum atomic E-state index is -0.115. The van der Waals surface area contributed by atoms with Crippen LogP contribution in [0.2, 0.25) is 0 Å². The van der Waals surface area contributed by atoms with Crippen molar-refractivity contribution in [2.45, 2.75) is 27.3 Å². The molecule has 0 saturated carbocycles. The van der Waals surface area contributed by atoms with E-state index in [0.29, 0.717) is 16.9 Å². The van der Waals surface area contributed by atoms with Gasteiger partial charge in [0.2, 0.25) is 0 Å². The maximum absolute atomic E-state index is 12.9. The Morgan fingerprint density at radius 3 is 2.59 bits per heavy atom. The van der Waals surface area contributed by atoms with Crippen LogP contribution in [0.25, 0.3) is 10.9 Å². The van der Waals surface area contributed by atoms with Crippen LogP contribution >= 0.6 is 0 Å². The number of carbonyl (C=O) groups is 1. The summed E-state index contributed by atoms with van der Waals surface area (Å²) in [7, 11) is 0. The van der Waals surface area contributed by atoms with E-state index in [4.69, 9.17) is 5.73 Å². The maximum atomic E-state index is 12.9. The average molecular weight is 362 g/mol. The summed E-state index contributed by atoms with van der Waals surface area (Å²) in [6.45, 7) is 8.82. The van der Waals surface area contributed by atoms with Crippen LogP contribution in [0, 0.1) is 6.92 Å². The van der Waals surface area contributed by atoms with Gasteiger partial charge in [-0.05, 0) is 55.9 Å². The molecule has 5 heteroatoms. The third kappa shape index (κ3) is 4.26. The number of aryl methyl sites for hydroxylation is 1. The van der Waals surface area contributed by atoms with Crippen LogP contribution in [-0.4, -0.2) is 28.9 Å². The number of pyridine rings is 1. The number of benzene rings is 2. The van der Waals surface area contributed by atoms with E-state index >= 15 is 0 Å². The smallest absolute Gasteiger partial charge is 0.255 e. The van der Waals surface area contributed by atoms with Crippen molar-refractivity contribution in [1.29, 1.82) is 0 Å². The number of nitrogen functional groups attached to an aromatic ring is 1. The highest BCUT2D eigenvalue weighted by Crippen LogP contribution is 2.24. The number of hydrogen-bond acceptors (Lipinski definition) is 4. The Morgan fingerprint density at radius 1 is 1.11 bits per heavy atom. The minimum Gasteiger partial charge on any atom is -0.398 e. The molecule has 5 nitrogen and oxygen atoms in total. The molecule has 1 heterocycles. The van der Waals surface area contributed by atoms with Crippen molar-refractivity contribution in [1.82, 2.24) is 9.88 Å². The van der Waals surface area contributed by atoms with Crippen molar-refractivity contribution >= 4 is 28.2 Å². The van der Waals surface area contributed by atoms with Crippen molar-refractivity contribution < 1.29 is 4.79 Å². The Morgan fingerprint density at radius 2 is 1.85 bits per heavy atom. The first-order valence-electron chi connectivity index (χ1n) is 9.30. The number of fused-ring (bicyclic) bond motifs is 1. The molecule has 140 valence electrons. The molecule has 0 bridgehead atoms. The molecule has 27 heavy (non-hydrogen) atoms. The molecular formula is C22H26N4O. The first kappa shape index (κ1) is 18.9. The maximum Gasteiger partial charge on any atom is 0.255 e. The Kier molecular flexibility index (Phi) is 5.72. The van der Waals surface area contributed by atoms with Gasteiger partial charge in [0.05, 0.1) is 5.52 Å². The zero-order valence-corrected chi connectivity index (χ0v) is 16.1. The van der Waals surface area contributed by atoms with Gasteiger partial charge in [-0.25, -0.2) is 0 Å². The first-order valence-corrected chi connectivity index (χ1v) is 9.30. The lowest BCUT2D eigenvalue weighted by Crippen LogP contribution is -2.24. The molecule has 0 aliphatic rings. The summed E-state index contributed by atoms with van der Waals surface area (Å²) in [5.41, 5.74) is 10.9. The summed E-state index contributed by atoms with van der Waals surface area (Å²) in [5.74, 6) is -0.115. The fraction of sp³-hybridized carbons (Fsp3) is 0.273. The standard InChI is InChI=1S/C22H26N4O/c1-4-26(5-2)14-16-8-6-7-9-18(16)22(27)25-17-10-11-21-19(13-17)20(23)12-15(3)24-21/h6-13H,4-5,14H2,1-3H3,(H2,23,24)(H,25,27). The number of amides is 1. The molecular weight excluding hydrogens is 336 g/mol. The van der Waals surface area contributed by atoms with E-state index in [9.17, 15) is 4.79 Å². The second-order valence-electron chi connectivity index (χ2n) is 6.66. The molecule has 0 aliphatic heterocycles. The highest BCUT2D eigenvalue weighted by molar-refractivity contribution is 6.06. The second kappa shape index (κ2) is 8.18. The van der Waals surface area contributed by atoms with Gasteiger partial charge in [-0.2, -0.15) is 0 Å². The zero-order chi connectivity index (χ0) is 19.4. The molecule has 3 aromatic rings. The van der Waals surface area contributed by atoms with E-state index < -0.39 is 0 Å².